The number of hydrogen-bond donors (Lipinski definition) is 1. The van der Waals surface area contributed by atoms with E-state index in [9.17, 15) is 5.11 Å². The number of aromatic nitrogens is 5. The van der Waals surface area contributed by atoms with Gasteiger partial charge in [-0.05, 0) is 31.7 Å². The number of aryl methyl sites for hydroxylation is 1. The molecule has 1 fully saturated rings. The highest BCUT2D eigenvalue weighted by atomic mass is 32.2. The van der Waals surface area contributed by atoms with Crippen LogP contribution in [0.5, 0.6) is 0 Å². The van der Waals surface area contributed by atoms with E-state index in [1.807, 2.05) is 19.2 Å². The Labute approximate surface area is 141 Å². The highest BCUT2D eigenvalue weighted by Gasteiger charge is 2.24. The van der Waals surface area contributed by atoms with Gasteiger partial charge < -0.3 is 9.67 Å². The van der Waals surface area contributed by atoms with Crippen LogP contribution in [0.1, 0.15) is 44.5 Å². The zero-order valence-electron chi connectivity index (χ0n) is 13.8. The average Bonchev–Trinajstić information content (AvgIpc) is 3.15. The molecule has 2 aromatic heterocycles. The van der Waals surface area contributed by atoms with Crippen LogP contribution in [0.25, 0.3) is 0 Å². The smallest absolute Gasteiger partial charge is 0.191 e. The lowest BCUT2D eigenvalue weighted by molar-refractivity contribution is 0.172. The third-order valence-electron chi connectivity index (χ3n) is 4.47. The topological polar surface area (TPSA) is 68.8 Å². The van der Waals surface area contributed by atoms with Gasteiger partial charge in [0.2, 0.25) is 0 Å². The first-order valence-electron chi connectivity index (χ1n) is 8.33. The SMILES string of the molecule is Cc1nnc(SC[C@H](O)Cn2cccn2)n1[C@H]1CCC[C@H](C)C1. The molecule has 0 spiro atoms. The Hall–Kier alpha value is -1.34. The summed E-state index contributed by atoms with van der Waals surface area (Å²) in [7, 11) is 0. The van der Waals surface area contributed by atoms with Gasteiger partial charge in [-0.15, -0.1) is 10.2 Å². The van der Waals surface area contributed by atoms with Crippen LogP contribution in [-0.2, 0) is 6.54 Å². The van der Waals surface area contributed by atoms with Crippen molar-refractivity contribution in [3.05, 3.63) is 24.3 Å². The predicted octanol–water partition coefficient (Wildman–Crippen LogP) is 2.69. The van der Waals surface area contributed by atoms with Crippen LogP contribution in [0.4, 0.5) is 0 Å². The van der Waals surface area contributed by atoms with E-state index in [0.29, 0.717) is 18.3 Å². The van der Waals surface area contributed by atoms with E-state index in [0.717, 1.165) is 16.9 Å². The van der Waals surface area contributed by atoms with Gasteiger partial charge in [-0.2, -0.15) is 5.10 Å². The van der Waals surface area contributed by atoms with Gasteiger partial charge in [-0.1, -0.05) is 31.5 Å². The molecule has 6 nitrogen and oxygen atoms in total. The largest absolute Gasteiger partial charge is 0.390 e. The summed E-state index contributed by atoms with van der Waals surface area (Å²) in [6.07, 6.45) is 8.14. The van der Waals surface area contributed by atoms with Crippen molar-refractivity contribution in [2.75, 3.05) is 5.75 Å². The summed E-state index contributed by atoms with van der Waals surface area (Å²) in [6.45, 7) is 4.86. The van der Waals surface area contributed by atoms with Crippen molar-refractivity contribution < 1.29 is 5.11 Å². The minimum Gasteiger partial charge on any atom is -0.390 e. The molecular formula is C16H25N5OS. The molecule has 1 aliphatic carbocycles. The summed E-state index contributed by atoms with van der Waals surface area (Å²) in [5.74, 6) is 2.34. The van der Waals surface area contributed by atoms with Crippen LogP contribution in [0.3, 0.4) is 0 Å². The van der Waals surface area contributed by atoms with Crippen molar-refractivity contribution in [1.82, 2.24) is 24.5 Å². The van der Waals surface area contributed by atoms with Crippen LogP contribution < -0.4 is 0 Å². The third kappa shape index (κ3) is 4.14. The second-order valence-electron chi connectivity index (χ2n) is 6.52. The molecule has 1 saturated carbocycles. The quantitative estimate of drug-likeness (QED) is 0.822. The fourth-order valence-corrected chi connectivity index (χ4v) is 4.32. The average molecular weight is 335 g/mol. The summed E-state index contributed by atoms with van der Waals surface area (Å²) in [5.41, 5.74) is 0. The van der Waals surface area contributed by atoms with Crippen LogP contribution in [0.15, 0.2) is 23.6 Å². The van der Waals surface area contributed by atoms with Crippen molar-refractivity contribution in [2.24, 2.45) is 5.92 Å². The molecule has 3 rings (SSSR count). The number of hydrogen-bond acceptors (Lipinski definition) is 5. The maximum Gasteiger partial charge on any atom is 0.191 e. The van der Waals surface area contributed by atoms with E-state index >= 15 is 0 Å². The Balaban J connectivity index is 1.62. The Morgan fingerprint density at radius 1 is 1.39 bits per heavy atom. The van der Waals surface area contributed by atoms with Crippen LogP contribution in [0.2, 0.25) is 0 Å². The number of aliphatic hydroxyl groups is 1. The van der Waals surface area contributed by atoms with Gasteiger partial charge in [-0.25, -0.2) is 0 Å². The normalized spacial score (nSPS) is 23.1. The molecule has 0 aliphatic heterocycles. The van der Waals surface area contributed by atoms with Crippen molar-refractivity contribution in [1.29, 1.82) is 0 Å². The Morgan fingerprint density at radius 2 is 2.26 bits per heavy atom. The molecule has 126 valence electrons. The number of aliphatic hydroxyl groups excluding tert-OH is 1. The molecule has 0 unspecified atom stereocenters. The second kappa shape index (κ2) is 7.49. The van der Waals surface area contributed by atoms with Gasteiger partial charge >= 0.3 is 0 Å². The first-order valence-corrected chi connectivity index (χ1v) is 9.32. The van der Waals surface area contributed by atoms with Gasteiger partial charge in [0.1, 0.15) is 5.82 Å². The van der Waals surface area contributed by atoms with Crippen molar-refractivity contribution in [3.63, 3.8) is 0 Å². The van der Waals surface area contributed by atoms with Crippen molar-refractivity contribution >= 4 is 11.8 Å². The Morgan fingerprint density at radius 3 is 3.00 bits per heavy atom. The lowest BCUT2D eigenvalue weighted by atomic mass is 9.87. The van der Waals surface area contributed by atoms with Gasteiger partial charge in [0.25, 0.3) is 0 Å². The third-order valence-corrected chi connectivity index (χ3v) is 5.56. The summed E-state index contributed by atoms with van der Waals surface area (Å²) in [6, 6.07) is 2.36. The lowest BCUT2D eigenvalue weighted by Crippen LogP contribution is -2.21. The Kier molecular flexibility index (Phi) is 5.38. The summed E-state index contributed by atoms with van der Waals surface area (Å²) in [5, 5.41) is 23.8. The summed E-state index contributed by atoms with van der Waals surface area (Å²) < 4.78 is 4.03. The van der Waals surface area contributed by atoms with E-state index in [-0.39, 0.29) is 0 Å². The molecule has 7 heteroatoms. The fraction of sp³-hybridized carbons (Fsp3) is 0.688. The molecule has 0 radical (unpaired) electrons. The maximum absolute atomic E-state index is 10.2. The minimum atomic E-state index is -0.448. The lowest BCUT2D eigenvalue weighted by Gasteiger charge is -2.29. The predicted molar refractivity (Wildman–Crippen MR) is 90.4 cm³/mol. The van der Waals surface area contributed by atoms with E-state index in [1.165, 1.54) is 25.7 Å². The number of nitrogens with zero attached hydrogens (tertiary/aromatic N) is 5. The molecule has 0 amide bonds. The molecule has 1 aliphatic rings. The molecule has 23 heavy (non-hydrogen) atoms. The van der Waals surface area contributed by atoms with Crippen LogP contribution >= 0.6 is 11.8 Å². The van der Waals surface area contributed by atoms with Gasteiger partial charge in [0.05, 0.1) is 12.6 Å². The standard InChI is InChI=1S/C16H25N5OS/c1-12-5-3-6-14(9-12)21-13(2)18-19-16(21)23-11-15(22)10-20-8-4-7-17-20/h4,7-8,12,14-15,22H,3,5-6,9-11H2,1-2H3/t12-,14-,15+/m0/s1. The second-order valence-corrected chi connectivity index (χ2v) is 7.51. The molecule has 0 saturated heterocycles. The van der Waals surface area contributed by atoms with Crippen molar-refractivity contribution in [2.45, 2.75) is 63.4 Å². The number of thioether (sulfide) groups is 1. The highest BCUT2D eigenvalue weighted by Crippen LogP contribution is 2.35. The van der Waals surface area contributed by atoms with E-state index in [4.69, 9.17) is 0 Å². The first-order chi connectivity index (χ1) is 11.1. The zero-order chi connectivity index (χ0) is 16.2. The highest BCUT2D eigenvalue weighted by molar-refractivity contribution is 7.99. The Bertz CT molecular complexity index is 612. The van der Waals surface area contributed by atoms with E-state index in [2.05, 4.69) is 26.8 Å². The fourth-order valence-electron chi connectivity index (χ4n) is 3.35. The van der Waals surface area contributed by atoms with Gasteiger partial charge in [0.15, 0.2) is 5.16 Å². The van der Waals surface area contributed by atoms with Crippen LogP contribution in [-0.4, -0.2) is 41.5 Å². The molecule has 3 atom stereocenters. The number of rotatable bonds is 6. The molecule has 0 bridgehead atoms. The molecule has 2 aromatic rings. The molecule has 1 N–H and O–H groups in total. The summed E-state index contributed by atoms with van der Waals surface area (Å²) >= 11 is 1.59. The van der Waals surface area contributed by atoms with Gasteiger partial charge in [0, 0.05) is 24.2 Å². The van der Waals surface area contributed by atoms with Crippen molar-refractivity contribution in [3.8, 4) is 0 Å². The van der Waals surface area contributed by atoms with E-state index in [1.54, 1.807) is 22.6 Å². The maximum atomic E-state index is 10.2. The van der Waals surface area contributed by atoms with E-state index < -0.39 is 6.10 Å². The van der Waals surface area contributed by atoms with Crippen LogP contribution in [0, 0.1) is 12.8 Å². The summed E-state index contributed by atoms with van der Waals surface area (Å²) in [4.78, 5) is 0. The molecule has 0 aromatic carbocycles. The monoisotopic (exact) mass is 335 g/mol. The minimum absolute atomic E-state index is 0.448. The first kappa shape index (κ1) is 16.5. The molecule has 2 heterocycles. The van der Waals surface area contributed by atoms with Gasteiger partial charge in [-0.3, -0.25) is 4.68 Å². The zero-order valence-corrected chi connectivity index (χ0v) is 14.6. The molecular weight excluding hydrogens is 310 g/mol.